The topological polar surface area (TPSA) is 78.8 Å². The standard InChI is InChI=1S/C11H13NO4/c13-8-1-2-10(14)9(5-8)11(15)12-7-3-4-16-6-7/h1-2,5,7,13-14H,3-4,6H2,(H,12,15). The van der Waals surface area contributed by atoms with Gasteiger partial charge in [0.05, 0.1) is 18.2 Å². The molecule has 0 aliphatic carbocycles. The molecule has 1 heterocycles. The number of aromatic hydroxyl groups is 2. The number of phenols is 2. The molecule has 5 heteroatoms. The Bertz CT molecular complexity index is 399. The van der Waals surface area contributed by atoms with Crippen molar-refractivity contribution in [1.82, 2.24) is 5.32 Å². The van der Waals surface area contributed by atoms with E-state index < -0.39 is 5.91 Å². The number of ether oxygens (including phenoxy) is 1. The van der Waals surface area contributed by atoms with Crippen LogP contribution in [-0.2, 0) is 4.74 Å². The highest BCUT2D eigenvalue weighted by Gasteiger charge is 2.20. The molecule has 0 spiro atoms. The Morgan fingerprint density at radius 1 is 1.44 bits per heavy atom. The Labute approximate surface area is 92.7 Å². The van der Waals surface area contributed by atoms with Crippen molar-refractivity contribution in [2.24, 2.45) is 0 Å². The molecule has 1 saturated heterocycles. The van der Waals surface area contributed by atoms with E-state index in [-0.39, 0.29) is 23.1 Å². The Kier molecular flexibility index (Phi) is 2.96. The molecule has 0 bridgehead atoms. The lowest BCUT2D eigenvalue weighted by atomic mass is 10.1. The van der Waals surface area contributed by atoms with E-state index >= 15 is 0 Å². The summed E-state index contributed by atoms with van der Waals surface area (Å²) in [5.41, 5.74) is 0.0758. The molecule has 0 saturated carbocycles. The van der Waals surface area contributed by atoms with Crippen LogP contribution in [0.15, 0.2) is 18.2 Å². The number of amides is 1. The monoisotopic (exact) mass is 223 g/mol. The van der Waals surface area contributed by atoms with Gasteiger partial charge in [0.25, 0.3) is 5.91 Å². The van der Waals surface area contributed by atoms with Gasteiger partial charge in [0.1, 0.15) is 11.5 Å². The summed E-state index contributed by atoms with van der Waals surface area (Å²) in [4.78, 5) is 11.7. The van der Waals surface area contributed by atoms with Gasteiger partial charge in [-0.2, -0.15) is 0 Å². The summed E-state index contributed by atoms with van der Waals surface area (Å²) in [7, 11) is 0. The predicted molar refractivity (Wildman–Crippen MR) is 56.5 cm³/mol. The van der Waals surface area contributed by atoms with Gasteiger partial charge in [-0.1, -0.05) is 0 Å². The first kappa shape index (κ1) is 10.8. The van der Waals surface area contributed by atoms with E-state index in [2.05, 4.69) is 5.32 Å². The summed E-state index contributed by atoms with van der Waals surface area (Å²) >= 11 is 0. The molecule has 1 aromatic carbocycles. The fourth-order valence-corrected chi connectivity index (χ4v) is 1.62. The second-order valence-electron chi connectivity index (χ2n) is 3.74. The molecule has 1 unspecified atom stereocenters. The number of phenolic OH excluding ortho intramolecular Hbond substituents is 2. The lowest BCUT2D eigenvalue weighted by molar-refractivity contribution is 0.0927. The van der Waals surface area contributed by atoms with Crippen LogP contribution in [0.3, 0.4) is 0 Å². The molecule has 1 atom stereocenters. The van der Waals surface area contributed by atoms with Crippen LogP contribution in [0.5, 0.6) is 11.5 Å². The number of nitrogens with one attached hydrogen (secondary N) is 1. The molecule has 1 fully saturated rings. The van der Waals surface area contributed by atoms with Gasteiger partial charge in [-0.3, -0.25) is 4.79 Å². The smallest absolute Gasteiger partial charge is 0.255 e. The second-order valence-corrected chi connectivity index (χ2v) is 3.74. The number of benzene rings is 1. The van der Waals surface area contributed by atoms with E-state index in [0.29, 0.717) is 13.2 Å². The molecule has 1 aliphatic heterocycles. The zero-order valence-corrected chi connectivity index (χ0v) is 8.64. The van der Waals surface area contributed by atoms with Gasteiger partial charge in [-0.25, -0.2) is 0 Å². The zero-order valence-electron chi connectivity index (χ0n) is 8.64. The summed E-state index contributed by atoms with van der Waals surface area (Å²) < 4.78 is 5.12. The molecule has 1 amide bonds. The first-order chi connectivity index (χ1) is 7.66. The normalized spacial score (nSPS) is 19.6. The highest BCUT2D eigenvalue weighted by molar-refractivity contribution is 5.97. The van der Waals surface area contributed by atoms with Crippen molar-refractivity contribution in [1.29, 1.82) is 0 Å². The van der Waals surface area contributed by atoms with Gasteiger partial charge in [-0.15, -0.1) is 0 Å². The molecule has 0 radical (unpaired) electrons. The molecule has 1 aliphatic rings. The highest BCUT2D eigenvalue weighted by Crippen LogP contribution is 2.22. The molecule has 1 aromatic rings. The SMILES string of the molecule is O=C(NC1CCOC1)c1cc(O)ccc1O. The van der Waals surface area contributed by atoms with Gasteiger partial charge in [-0.05, 0) is 24.6 Å². The van der Waals surface area contributed by atoms with Crippen LogP contribution >= 0.6 is 0 Å². The fraction of sp³-hybridized carbons (Fsp3) is 0.364. The van der Waals surface area contributed by atoms with Crippen LogP contribution in [0.1, 0.15) is 16.8 Å². The van der Waals surface area contributed by atoms with Crippen molar-refractivity contribution in [3.63, 3.8) is 0 Å². The first-order valence-corrected chi connectivity index (χ1v) is 5.07. The summed E-state index contributed by atoms with van der Waals surface area (Å²) in [6.07, 6.45) is 0.769. The Balaban J connectivity index is 2.10. The molecule has 86 valence electrons. The molecular formula is C11H13NO4. The lowest BCUT2D eigenvalue weighted by Crippen LogP contribution is -2.34. The third-order valence-corrected chi connectivity index (χ3v) is 2.49. The summed E-state index contributed by atoms with van der Waals surface area (Å²) in [5, 5.41) is 21.4. The van der Waals surface area contributed by atoms with Crippen LogP contribution in [0.2, 0.25) is 0 Å². The number of carbonyl (C=O) groups excluding carboxylic acids is 1. The largest absolute Gasteiger partial charge is 0.508 e. The van der Waals surface area contributed by atoms with Crippen LogP contribution in [0.4, 0.5) is 0 Å². The number of hydrogen-bond acceptors (Lipinski definition) is 4. The second kappa shape index (κ2) is 4.40. The van der Waals surface area contributed by atoms with Crippen molar-refractivity contribution < 1.29 is 19.7 Å². The fourth-order valence-electron chi connectivity index (χ4n) is 1.62. The van der Waals surface area contributed by atoms with Gasteiger partial charge < -0.3 is 20.3 Å². The minimum Gasteiger partial charge on any atom is -0.508 e. The third kappa shape index (κ3) is 2.25. The van der Waals surface area contributed by atoms with Crippen LogP contribution in [0, 0.1) is 0 Å². The summed E-state index contributed by atoms with van der Waals surface area (Å²) in [5.74, 6) is -0.594. The quantitative estimate of drug-likeness (QED) is 0.642. The third-order valence-electron chi connectivity index (χ3n) is 2.49. The zero-order chi connectivity index (χ0) is 11.5. The number of rotatable bonds is 2. The van der Waals surface area contributed by atoms with Crippen molar-refractivity contribution in [2.75, 3.05) is 13.2 Å². The maximum absolute atomic E-state index is 11.7. The van der Waals surface area contributed by atoms with Crippen molar-refractivity contribution in [3.8, 4) is 11.5 Å². The van der Waals surface area contributed by atoms with Gasteiger partial charge in [0.2, 0.25) is 0 Å². The lowest BCUT2D eigenvalue weighted by Gasteiger charge is -2.11. The summed E-state index contributed by atoms with van der Waals surface area (Å²) in [6, 6.07) is 3.83. The minimum absolute atomic E-state index is 0.0192. The number of hydrogen-bond donors (Lipinski definition) is 3. The molecule has 5 nitrogen and oxygen atoms in total. The van der Waals surface area contributed by atoms with E-state index in [1.165, 1.54) is 18.2 Å². The molecule has 16 heavy (non-hydrogen) atoms. The van der Waals surface area contributed by atoms with Crippen LogP contribution < -0.4 is 5.32 Å². The predicted octanol–water partition coefficient (Wildman–Crippen LogP) is 0.616. The molecule has 2 rings (SSSR count). The molecular weight excluding hydrogens is 210 g/mol. The van der Waals surface area contributed by atoms with E-state index in [4.69, 9.17) is 4.74 Å². The number of carbonyl (C=O) groups is 1. The van der Waals surface area contributed by atoms with E-state index in [1.807, 2.05) is 0 Å². The summed E-state index contributed by atoms with van der Waals surface area (Å²) in [6.45, 7) is 1.13. The van der Waals surface area contributed by atoms with Crippen LogP contribution in [-0.4, -0.2) is 35.4 Å². The Morgan fingerprint density at radius 3 is 2.94 bits per heavy atom. The van der Waals surface area contributed by atoms with Crippen molar-refractivity contribution in [2.45, 2.75) is 12.5 Å². The Hall–Kier alpha value is -1.75. The van der Waals surface area contributed by atoms with E-state index in [0.717, 1.165) is 6.42 Å². The van der Waals surface area contributed by atoms with Crippen molar-refractivity contribution in [3.05, 3.63) is 23.8 Å². The van der Waals surface area contributed by atoms with Gasteiger partial charge in [0.15, 0.2) is 0 Å². The van der Waals surface area contributed by atoms with Crippen molar-refractivity contribution >= 4 is 5.91 Å². The van der Waals surface area contributed by atoms with Crippen LogP contribution in [0.25, 0.3) is 0 Å². The maximum Gasteiger partial charge on any atom is 0.255 e. The molecule has 3 N–H and O–H groups in total. The highest BCUT2D eigenvalue weighted by atomic mass is 16.5. The molecule has 0 aromatic heterocycles. The van der Waals surface area contributed by atoms with Gasteiger partial charge in [0, 0.05) is 6.61 Å². The van der Waals surface area contributed by atoms with E-state index in [1.54, 1.807) is 0 Å². The minimum atomic E-state index is -0.399. The van der Waals surface area contributed by atoms with Gasteiger partial charge >= 0.3 is 0 Å². The maximum atomic E-state index is 11.7. The van der Waals surface area contributed by atoms with E-state index in [9.17, 15) is 15.0 Å². The Morgan fingerprint density at radius 2 is 2.25 bits per heavy atom. The average molecular weight is 223 g/mol. The first-order valence-electron chi connectivity index (χ1n) is 5.07. The average Bonchev–Trinajstić information content (AvgIpc) is 2.74.